The van der Waals surface area contributed by atoms with Crippen LogP contribution in [0.15, 0.2) is 48.8 Å². The lowest BCUT2D eigenvalue weighted by Gasteiger charge is -2.07. The first-order chi connectivity index (χ1) is 11.7. The first kappa shape index (κ1) is 14.3. The third-order valence-corrected chi connectivity index (χ3v) is 3.75. The van der Waals surface area contributed by atoms with Crippen molar-refractivity contribution in [2.75, 3.05) is 5.32 Å². The molecule has 0 atom stereocenters. The Morgan fingerprint density at radius 1 is 0.917 bits per heavy atom. The van der Waals surface area contributed by atoms with Gasteiger partial charge in [0.05, 0.1) is 22.4 Å². The van der Waals surface area contributed by atoms with Crippen molar-refractivity contribution in [3.63, 3.8) is 0 Å². The Morgan fingerprint density at radius 2 is 1.83 bits per heavy atom. The van der Waals surface area contributed by atoms with E-state index in [1.54, 1.807) is 12.4 Å². The monoisotopic (exact) mass is 316 g/mol. The highest BCUT2D eigenvalue weighted by molar-refractivity contribution is 5.83. The third-order valence-electron chi connectivity index (χ3n) is 3.75. The van der Waals surface area contributed by atoms with Crippen molar-refractivity contribution in [3.05, 3.63) is 60.2 Å². The summed E-state index contributed by atoms with van der Waals surface area (Å²) in [4.78, 5) is 20.9. The van der Waals surface area contributed by atoms with E-state index in [0.717, 1.165) is 39.5 Å². The molecule has 3 heterocycles. The zero-order valence-corrected chi connectivity index (χ0v) is 13.4. The number of nitrogens with one attached hydrogen (secondary N) is 2. The molecule has 0 aliphatic rings. The summed E-state index contributed by atoms with van der Waals surface area (Å²) >= 11 is 0. The molecular formula is C18H16N6. The first-order valence-corrected chi connectivity index (χ1v) is 7.67. The van der Waals surface area contributed by atoms with Gasteiger partial charge in [0.25, 0.3) is 0 Å². The number of benzene rings is 1. The van der Waals surface area contributed by atoms with Crippen LogP contribution in [0.25, 0.3) is 22.4 Å². The number of hydrogen-bond acceptors (Lipinski definition) is 5. The minimum atomic E-state index is 0.532. The minimum Gasteiger partial charge on any atom is -0.342 e. The number of pyridine rings is 1. The molecule has 0 fully saturated rings. The summed E-state index contributed by atoms with van der Waals surface area (Å²) in [5.74, 6) is 1.43. The number of aryl methyl sites for hydroxylation is 2. The molecule has 6 nitrogen and oxygen atoms in total. The van der Waals surface area contributed by atoms with Gasteiger partial charge in [-0.1, -0.05) is 6.07 Å². The van der Waals surface area contributed by atoms with E-state index in [0.29, 0.717) is 5.95 Å². The summed E-state index contributed by atoms with van der Waals surface area (Å²) in [5, 5.41) is 3.25. The summed E-state index contributed by atoms with van der Waals surface area (Å²) in [6, 6.07) is 11.6. The second kappa shape index (κ2) is 5.73. The van der Waals surface area contributed by atoms with Gasteiger partial charge in [-0.25, -0.2) is 15.0 Å². The maximum Gasteiger partial charge on any atom is 0.227 e. The number of imidazole rings is 1. The van der Waals surface area contributed by atoms with Gasteiger partial charge < -0.3 is 10.3 Å². The van der Waals surface area contributed by atoms with Gasteiger partial charge in [0, 0.05) is 18.1 Å². The van der Waals surface area contributed by atoms with Crippen LogP contribution in [0.5, 0.6) is 0 Å². The van der Waals surface area contributed by atoms with E-state index in [1.165, 1.54) is 0 Å². The van der Waals surface area contributed by atoms with E-state index in [9.17, 15) is 0 Å². The fraction of sp³-hybridized carbons (Fsp3) is 0.111. The first-order valence-electron chi connectivity index (χ1n) is 7.67. The fourth-order valence-corrected chi connectivity index (χ4v) is 2.69. The summed E-state index contributed by atoms with van der Waals surface area (Å²) in [6.45, 7) is 4.00. The topological polar surface area (TPSA) is 79.4 Å². The van der Waals surface area contributed by atoms with Crippen molar-refractivity contribution >= 4 is 22.7 Å². The molecule has 0 saturated carbocycles. The van der Waals surface area contributed by atoms with Gasteiger partial charge in [-0.15, -0.1) is 0 Å². The summed E-state index contributed by atoms with van der Waals surface area (Å²) in [6.07, 6.45) is 3.48. The van der Waals surface area contributed by atoms with Gasteiger partial charge >= 0.3 is 0 Å². The van der Waals surface area contributed by atoms with Crippen molar-refractivity contribution in [1.82, 2.24) is 24.9 Å². The molecule has 3 aromatic heterocycles. The highest BCUT2D eigenvalue weighted by Crippen LogP contribution is 2.24. The van der Waals surface area contributed by atoms with Crippen LogP contribution in [0.4, 0.5) is 11.6 Å². The van der Waals surface area contributed by atoms with Crippen molar-refractivity contribution in [2.45, 2.75) is 13.8 Å². The van der Waals surface area contributed by atoms with Crippen molar-refractivity contribution in [3.8, 4) is 11.4 Å². The number of rotatable bonds is 3. The fourth-order valence-electron chi connectivity index (χ4n) is 2.69. The number of hydrogen-bond donors (Lipinski definition) is 2. The van der Waals surface area contributed by atoms with Crippen LogP contribution in [0, 0.1) is 13.8 Å². The number of H-pyrrole nitrogens is 1. The van der Waals surface area contributed by atoms with Gasteiger partial charge in [0.2, 0.25) is 5.95 Å². The Labute approximate surface area is 139 Å². The molecule has 6 heteroatoms. The number of nitrogens with zero attached hydrogens (tertiary/aromatic N) is 4. The third kappa shape index (κ3) is 2.69. The number of anilines is 2. The molecule has 2 N–H and O–H groups in total. The van der Waals surface area contributed by atoms with E-state index in [2.05, 4.69) is 43.2 Å². The predicted octanol–water partition coefficient (Wildman–Crippen LogP) is 3.78. The van der Waals surface area contributed by atoms with E-state index in [-0.39, 0.29) is 0 Å². The van der Waals surface area contributed by atoms with Crippen molar-refractivity contribution < 1.29 is 0 Å². The normalized spacial score (nSPS) is 10.9. The Balaban J connectivity index is 1.68. The van der Waals surface area contributed by atoms with Gasteiger partial charge in [-0.05, 0) is 49.7 Å². The number of aromatic nitrogens is 5. The van der Waals surface area contributed by atoms with E-state index < -0.39 is 0 Å². The van der Waals surface area contributed by atoms with Gasteiger partial charge in [-0.2, -0.15) is 0 Å². The lowest BCUT2D eigenvalue weighted by Crippen LogP contribution is -1.99. The van der Waals surface area contributed by atoms with Crippen LogP contribution in [0.1, 0.15) is 11.4 Å². The molecule has 118 valence electrons. The molecular weight excluding hydrogens is 300 g/mol. The lowest BCUT2D eigenvalue weighted by atomic mass is 10.2. The molecule has 24 heavy (non-hydrogen) atoms. The largest absolute Gasteiger partial charge is 0.342 e. The maximum atomic E-state index is 4.54. The number of fused-ring (bicyclic) bond motifs is 1. The van der Waals surface area contributed by atoms with Crippen LogP contribution in [-0.4, -0.2) is 24.9 Å². The van der Waals surface area contributed by atoms with Crippen LogP contribution < -0.4 is 5.32 Å². The number of aromatic amines is 1. The zero-order chi connectivity index (χ0) is 16.5. The Hall–Kier alpha value is -3.28. The SMILES string of the molecule is Cc1nc2cc(Nc3nccc(-c4ccccn4)n3)cc(C)c2[nH]1. The molecule has 0 aliphatic heterocycles. The second-order valence-corrected chi connectivity index (χ2v) is 5.61. The molecule has 0 aliphatic carbocycles. The zero-order valence-electron chi connectivity index (χ0n) is 13.4. The average Bonchev–Trinajstić information content (AvgIpc) is 2.97. The van der Waals surface area contributed by atoms with E-state index in [4.69, 9.17) is 0 Å². The second-order valence-electron chi connectivity index (χ2n) is 5.61. The molecule has 4 aromatic rings. The molecule has 1 aromatic carbocycles. The molecule has 0 radical (unpaired) electrons. The molecule has 0 saturated heterocycles. The van der Waals surface area contributed by atoms with Gasteiger partial charge in [0.1, 0.15) is 5.82 Å². The summed E-state index contributed by atoms with van der Waals surface area (Å²) in [7, 11) is 0. The standard InChI is InChI=1S/C18H16N6/c1-11-9-13(10-16-17(11)22-12(2)21-16)23-18-20-8-6-15(24-18)14-5-3-4-7-19-14/h3-10H,1-2H3,(H,21,22)(H,20,23,24). The van der Waals surface area contributed by atoms with Crippen molar-refractivity contribution in [1.29, 1.82) is 0 Å². The summed E-state index contributed by atoms with van der Waals surface area (Å²) < 4.78 is 0. The maximum absolute atomic E-state index is 4.54. The van der Waals surface area contributed by atoms with Crippen LogP contribution >= 0.6 is 0 Å². The van der Waals surface area contributed by atoms with Crippen molar-refractivity contribution in [2.24, 2.45) is 0 Å². The Kier molecular flexibility index (Phi) is 3.42. The van der Waals surface area contributed by atoms with E-state index >= 15 is 0 Å². The van der Waals surface area contributed by atoms with Gasteiger partial charge in [-0.3, -0.25) is 4.98 Å². The van der Waals surface area contributed by atoms with Crippen LogP contribution in [-0.2, 0) is 0 Å². The van der Waals surface area contributed by atoms with Crippen LogP contribution in [0.2, 0.25) is 0 Å². The minimum absolute atomic E-state index is 0.532. The molecule has 0 amide bonds. The van der Waals surface area contributed by atoms with E-state index in [1.807, 2.05) is 37.3 Å². The Morgan fingerprint density at radius 3 is 2.67 bits per heavy atom. The highest BCUT2D eigenvalue weighted by Gasteiger charge is 2.07. The quantitative estimate of drug-likeness (QED) is 0.601. The van der Waals surface area contributed by atoms with Crippen LogP contribution in [0.3, 0.4) is 0 Å². The predicted molar refractivity (Wildman–Crippen MR) is 94.1 cm³/mol. The lowest BCUT2D eigenvalue weighted by molar-refractivity contribution is 1.15. The molecule has 0 bridgehead atoms. The van der Waals surface area contributed by atoms with Gasteiger partial charge in [0.15, 0.2) is 0 Å². The smallest absolute Gasteiger partial charge is 0.227 e. The Bertz CT molecular complexity index is 1010. The highest BCUT2D eigenvalue weighted by atomic mass is 15.1. The average molecular weight is 316 g/mol. The molecule has 0 unspecified atom stereocenters. The molecule has 4 rings (SSSR count). The summed E-state index contributed by atoms with van der Waals surface area (Å²) in [5.41, 5.74) is 5.61. The molecule has 0 spiro atoms.